The van der Waals surface area contributed by atoms with Gasteiger partial charge in [-0.1, -0.05) is 103 Å². The summed E-state index contributed by atoms with van der Waals surface area (Å²) in [6.07, 6.45) is 6.86. The smallest absolute Gasteiger partial charge is 0.129 e. The summed E-state index contributed by atoms with van der Waals surface area (Å²) in [5, 5.41) is 7.00. The molecule has 0 amide bonds. The third-order valence-corrected chi connectivity index (χ3v) is 5.79. The maximum atomic E-state index is 10.0. The maximum Gasteiger partial charge on any atom is 0.129 e. The van der Waals surface area contributed by atoms with Crippen molar-refractivity contribution in [3.05, 3.63) is 71.8 Å². The summed E-state index contributed by atoms with van der Waals surface area (Å²) in [7, 11) is 4.95. The molecule has 1 atom stereocenters. The number of likely N-dealkylation sites (N-methyl/N-ethyl adjacent to an activating group) is 1. The largest absolute Gasteiger partial charge is 0.400 e. The van der Waals surface area contributed by atoms with Crippen molar-refractivity contribution in [1.29, 1.82) is 0 Å². The Kier molecular flexibility index (Phi) is 36.8. The molecule has 5 heteroatoms. The molecule has 3 rings (SSSR count). The molecule has 226 valence electrons. The number of unbranched alkanes of at least 4 members (excludes halogenated alkanes) is 1. The molecule has 1 fully saturated rings. The Bertz CT molecular complexity index is 769. The zero-order valence-corrected chi connectivity index (χ0v) is 28.0. The molecule has 0 spiro atoms. The molecule has 39 heavy (non-hydrogen) atoms. The number of methoxy groups -OCH3 is 1. The number of rotatable bonds is 6. The first-order valence-corrected chi connectivity index (χ1v) is 14.1. The van der Waals surface area contributed by atoms with Crippen LogP contribution >= 0.6 is 0 Å². The normalized spacial score (nSPS) is 14.2. The summed E-state index contributed by atoms with van der Waals surface area (Å²) in [5.41, 5.74) is 2.49. The number of ether oxygens (including phenoxy) is 1. The van der Waals surface area contributed by atoms with Crippen LogP contribution in [0.3, 0.4) is 0 Å². The number of benzene rings is 2. The zero-order valence-electron chi connectivity index (χ0n) is 26.5. The van der Waals surface area contributed by atoms with Crippen LogP contribution in [0.5, 0.6) is 0 Å². The molecule has 1 saturated heterocycles. The predicted molar refractivity (Wildman–Crippen MR) is 167 cm³/mol. The van der Waals surface area contributed by atoms with E-state index in [0.717, 1.165) is 37.7 Å². The summed E-state index contributed by atoms with van der Waals surface area (Å²) < 4.78 is 5.17. The first-order valence-electron chi connectivity index (χ1n) is 14.1. The minimum absolute atomic E-state index is 0. The van der Waals surface area contributed by atoms with E-state index in [0.29, 0.717) is 5.54 Å². The monoisotopic (exact) mass is 633 g/mol. The number of likely N-dealkylation sites (tertiary alicyclic amines) is 1. The molecule has 0 radical (unpaired) electrons. The van der Waals surface area contributed by atoms with Gasteiger partial charge in [0.25, 0.3) is 0 Å². The molecule has 1 aliphatic heterocycles. The molecule has 0 aliphatic carbocycles. The van der Waals surface area contributed by atoms with Crippen LogP contribution in [-0.2, 0) is 30.0 Å². The van der Waals surface area contributed by atoms with E-state index in [4.69, 9.17) is 9.84 Å². The van der Waals surface area contributed by atoms with Gasteiger partial charge in [-0.05, 0) is 57.5 Å². The van der Waals surface area contributed by atoms with Gasteiger partial charge in [-0.25, -0.2) is 0 Å². The van der Waals surface area contributed by atoms with E-state index < -0.39 is 0 Å². The number of aliphatic hydroxyl groups excluding tert-OH is 1. The van der Waals surface area contributed by atoms with Crippen molar-refractivity contribution >= 4 is 5.78 Å². The minimum atomic E-state index is 0. The molecular weight excluding hydrogens is 577 g/mol. The number of hydrogen-bond acceptors (Lipinski definition) is 4. The Morgan fingerprint density at radius 2 is 1.28 bits per heavy atom. The molecule has 1 unspecified atom stereocenters. The van der Waals surface area contributed by atoms with Crippen molar-refractivity contribution < 1.29 is 35.1 Å². The molecule has 0 saturated carbocycles. The van der Waals surface area contributed by atoms with Crippen molar-refractivity contribution in [1.82, 2.24) is 4.90 Å². The van der Waals surface area contributed by atoms with Crippen LogP contribution in [0.15, 0.2) is 60.7 Å². The van der Waals surface area contributed by atoms with Gasteiger partial charge in [0.1, 0.15) is 5.78 Å². The number of carbonyl (C=O) groups is 1. The van der Waals surface area contributed by atoms with E-state index in [1.165, 1.54) is 32.2 Å². The fourth-order valence-corrected chi connectivity index (χ4v) is 3.19. The van der Waals surface area contributed by atoms with Crippen LogP contribution in [-0.4, -0.2) is 55.7 Å². The summed E-state index contributed by atoms with van der Waals surface area (Å²) in [4.78, 5) is 12.4. The van der Waals surface area contributed by atoms with Crippen LogP contribution < -0.4 is 0 Å². The van der Waals surface area contributed by atoms with Crippen LogP contribution in [0.1, 0.15) is 98.1 Å². The van der Waals surface area contributed by atoms with Crippen molar-refractivity contribution in [2.24, 2.45) is 0 Å². The van der Waals surface area contributed by atoms with Gasteiger partial charge in [0, 0.05) is 64.3 Å². The average molecular weight is 634 g/mol. The Morgan fingerprint density at radius 3 is 1.44 bits per heavy atom. The fourth-order valence-electron chi connectivity index (χ4n) is 3.19. The maximum absolute atomic E-state index is 10.0. The quantitative estimate of drug-likeness (QED) is 0.259. The molecule has 1 N–H and O–H groups in total. The number of Topliss-reactive ketones (excluding diaryl/α,β-unsaturated/α-hetero) is 1. The third kappa shape index (κ3) is 23.8. The Labute approximate surface area is 255 Å². The Hall–Kier alpha value is -1.79. The first kappa shape index (κ1) is 44.2. The van der Waals surface area contributed by atoms with Crippen molar-refractivity contribution in [3.8, 4) is 11.8 Å². The summed E-state index contributed by atoms with van der Waals surface area (Å²) >= 11 is 0. The van der Waals surface area contributed by atoms with E-state index in [9.17, 15) is 4.79 Å². The van der Waals surface area contributed by atoms with Gasteiger partial charge in [-0.3, -0.25) is 4.90 Å². The van der Waals surface area contributed by atoms with Gasteiger partial charge in [0.15, 0.2) is 0 Å². The molecule has 0 bridgehead atoms. The van der Waals surface area contributed by atoms with Gasteiger partial charge in [0.2, 0.25) is 0 Å². The molecule has 2 aromatic carbocycles. The zero-order chi connectivity index (χ0) is 29.7. The summed E-state index contributed by atoms with van der Waals surface area (Å²) in [6, 6.07) is 20.0. The van der Waals surface area contributed by atoms with E-state index in [-0.39, 0.29) is 26.2 Å². The van der Waals surface area contributed by atoms with Crippen molar-refractivity contribution in [2.45, 2.75) is 92.5 Å². The third-order valence-electron chi connectivity index (χ3n) is 5.79. The molecule has 4 nitrogen and oxygen atoms in total. The van der Waals surface area contributed by atoms with Crippen molar-refractivity contribution in [3.63, 3.8) is 0 Å². The number of aliphatic hydroxyl groups is 1. The van der Waals surface area contributed by atoms with Gasteiger partial charge in [0.05, 0.1) is 6.61 Å². The average Bonchev–Trinajstić information content (AvgIpc) is 2.98. The second-order valence-corrected chi connectivity index (χ2v) is 8.62. The standard InChI is InChI=1S/C14H10.C8H17NO.C5H10O.C4H10.C2H6.CH4O.Pd/c1-3-7-13(8-4-1)11-12-14-9-5-2-6-10-14;1-4-8(7-10-3)5-6-9(8)2;1-3-4-5(2)6;1-3-4-2;2*1-2;/h1-10H;4-7H2,1-3H3;3-4H2,1-2H3;3-4H2,1-2H3;1-2H3;2H,1H3;. The number of hydrogen-bond donors (Lipinski definition) is 1. The van der Waals surface area contributed by atoms with Gasteiger partial charge >= 0.3 is 0 Å². The number of ketones is 1. The SMILES string of the molecule is C(#Cc1ccccc1)c1ccccc1.CC.CCC1(COC)CCN1C.CCCC.CCCC(C)=O.CO.[Pd]. The summed E-state index contributed by atoms with van der Waals surface area (Å²) in [5.74, 6) is 6.51. The molecule has 2 aromatic rings. The molecular formula is C34H57NO3Pd. The van der Waals surface area contributed by atoms with Crippen LogP contribution in [0.4, 0.5) is 0 Å². The van der Waals surface area contributed by atoms with Crippen molar-refractivity contribution in [2.75, 3.05) is 34.4 Å². The topological polar surface area (TPSA) is 49.8 Å². The Balaban J connectivity index is -0.000000216. The van der Waals surface area contributed by atoms with E-state index in [1.54, 1.807) is 14.0 Å². The van der Waals surface area contributed by atoms with E-state index in [1.807, 2.05) is 81.4 Å². The molecule has 1 heterocycles. The second kappa shape index (κ2) is 32.4. The van der Waals surface area contributed by atoms with E-state index in [2.05, 4.69) is 44.6 Å². The Morgan fingerprint density at radius 1 is 0.872 bits per heavy atom. The predicted octanol–water partition coefficient (Wildman–Crippen LogP) is 8.02. The first-order chi connectivity index (χ1) is 18.4. The van der Waals surface area contributed by atoms with Gasteiger partial charge in [-0.15, -0.1) is 0 Å². The second-order valence-electron chi connectivity index (χ2n) is 8.62. The van der Waals surface area contributed by atoms with E-state index >= 15 is 0 Å². The van der Waals surface area contributed by atoms with Gasteiger partial charge < -0.3 is 14.6 Å². The number of nitrogens with zero attached hydrogens (tertiary/aromatic N) is 1. The molecule has 0 aromatic heterocycles. The number of carbonyl (C=O) groups excluding carboxylic acids is 1. The van der Waals surface area contributed by atoms with Crippen LogP contribution in [0, 0.1) is 11.8 Å². The van der Waals surface area contributed by atoms with Crippen LogP contribution in [0.25, 0.3) is 0 Å². The van der Waals surface area contributed by atoms with Crippen LogP contribution in [0.2, 0.25) is 0 Å². The summed E-state index contributed by atoms with van der Waals surface area (Å²) in [6.45, 7) is 16.3. The van der Waals surface area contributed by atoms with Gasteiger partial charge in [-0.2, -0.15) is 0 Å². The minimum Gasteiger partial charge on any atom is -0.400 e. The molecule has 1 aliphatic rings. The fraction of sp³-hybridized carbons (Fsp3) is 0.559.